The van der Waals surface area contributed by atoms with Crippen molar-refractivity contribution in [1.29, 1.82) is 0 Å². The van der Waals surface area contributed by atoms with Gasteiger partial charge in [0, 0.05) is 6.42 Å². The van der Waals surface area contributed by atoms with Crippen molar-refractivity contribution >= 4 is 25.6 Å². The van der Waals surface area contributed by atoms with Crippen LogP contribution in [0.25, 0.3) is 0 Å². The topological polar surface area (TPSA) is 94.6 Å². The summed E-state index contributed by atoms with van der Waals surface area (Å²) >= 11 is 0. The van der Waals surface area contributed by atoms with Gasteiger partial charge in [-0.15, -0.1) is 6.58 Å². The maximum absolute atomic E-state index is 12.9. The first-order valence-electron chi connectivity index (χ1n) is 7.96. The van der Waals surface area contributed by atoms with Crippen LogP contribution >= 0.6 is 0 Å². The van der Waals surface area contributed by atoms with Crippen LogP contribution in [-0.4, -0.2) is 44.5 Å². The van der Waals surface area contributed by atoms with Gasteiger partial charge in [0.2, 0.25) is 0 Å². The molecule has 0 N–H and O–H groups in total. The molecule has 0 aromatic rings. The van der Waals surface area contributed by atoms with Crippen LogP contribution in [0.15, 0.2) is 12.7 Å². The van der Waals surface area contributed by atoms with E-state index in [1.165, 1.54) is 0 Å². The van der Waals surface area contributed by atoms with E-state index in [1.54, 1.807) is 0 Å². The molecule has 164 valence electrons. The molecule has 0 heterocycles. The van der Waals surface area contributed by atoms with Crippen molar-refractivity contribution in [3.8, 4) is 0 Å². The van der Waals surface area contributed by atoms with Gasteiger partial charge in [0.25, 0.3) is 19.7 Å². The third-order valence-corrected chi connectivity index (χ3v) is 8.86. The number of carbonyl (C=O) groups is 1. The third kappa shape index (κ3) is 5.39. The van der Waals surface area contributed by atoms with Gasteiger partial charge >= 0.3 is 17.0 Å². The van der Waals surface area contributed by atoms with Gasteiger partial charge < -0.3 is 4.74 Å². The summed E-state index contributed by atoms with van der Waals surface area (Å²) in [5.74, 6) is -1.83. The molecule has 0 radical (unpaired) electrons. The molecule has 0 aliphatic heterocycles. The first-order valence-corrected chi connectivity index (χ1v) is 11.1. The van der Waals surface area contributed by atoms with Crippen molar-refractivity contribution in [2.45, 2.75) is 60.2 Å². The number of esters is 1. The van der Waals surface area contributed by atoms with E-state index in [1.807, 2.05) is 0 Å². The lowest BCUT2D eigenvalue weighted by molar-refractivity contribution is -0.151. The molecule has 0 saturated heterocycles. The summed E-state index contributed by atoms with van der Waals surface area (Å²) in [4.78, 5) is 11.6. The van der Waals surface area contributed by atoms with Crippen LogP contribution in [0.5, 0.6) is 0 Å². The Labute approximate surface area is 157 Å². The molecule has 0 aromatic heterocycles. The molecule has 28 heavy (non-hydrogen) atoms. The highest BCUT2D eigenvalue weighted by atomic mass is 32.3. The number of sulfone groups is 2. The third-order valence-electron chi connectivity index (χ3n) is 4.28. The van der Waals surface area contributed by atoms with Crippen molar-refractivity contribution in [2.24, 2.45) is 5.92 Å². The average molecular weight is 460 g/mol. The number of halogens is 6. The monoisotopic (exact) mass is 460 g/mol. The van der Waals surface area contributed by atoms with E-state index in [9.17, 15) is 48.0 Å². The molecule has 1 rings (SSSR count). The van der Waals surface area contributed by atoms with Crippen LogP contribution in [0.3, 0.4) is 0 Å². The Kier molecular flexibility index (Phi) is 7.59. The largest absolute Gasteiger partial charge is 0.498 e. The molecule has 1 atom stereocenters. The number of hydrogen-bond donors (Lipinski definition) is 0. The fraction of sp³-hybridized carbons (Fsp3) is 0.786. The van der Waals surface area contributed by atoms with Gasteiger partial charge in [0.15, 0.2) is 4.58 Å². The Balaban J connectivity index is 3.42. The van der Waals surface area contributed by atoms with Gasteiger partial charge in [-0.3, -0.25) is 4.79 Å². The van der Waals surface area contributed by atoms with Crippen molar-refractivity contribution in [2.75, 3.05) is 0 Å². The minimum absolute atomic E-state index is 0.233. The van der Waals surface area contributed by atoms with E-state index in [0.717, 1.165) is 6.08 Å². The maximum atomic E-state index is 12.9. The van der Waals surface area contributed by atoms with Gasteiger partial charge in [-0.1, -0.05) is 18.9 Å². The van der Waals surface area contributed by atoms with Gasteiger partial charge in [0.1, 0.15) is 6.10 Å². The molecular formula is C14H18F6O6S2. The SMILES string of the molecule is C=CCC(=O)OC(CC(S(=O)(=O)C(F)(F)F)S(=O)(=O)C(F)(F)F)C1CCCC1. The Hall–Kier alpha value is -1.31. The van der Waals surface area contributed by atoms with Crippen LogP contribution in [0.4, 0.5) is 26.3 Å². The molecule has 1 aliphatic rings. The minimum atomic E-state index is -6.77. The predicted molar refractivity (Wildman–Crippen MR) is 85.0 cm³/mol. The first kappa shape index (κ1) is 24.7. The number of hydrogen-bond acceptors (Lipinski definition) is 6. The van der Waals surface area contributed by atoms with Gasteiger partial charge in [0.05, 0.1) is 6.42 Å². The van der Waals surface area contributed by atoms with Crippen LogP contribution in [0, 0.1) is 5.92 Å². The van der Waals surface area contributed by atoms with Crippen LogP contribution < -0.4 is 0 Å². The molecule has 0 spiro atoms. The summed E-state index contributed by atoms with van der Waals surface area (Å²) in [7, 11) is -13.5. The predicted octanol–water partition coefficient (Wildman–Crippen LogP) is 3.25. The zero-order valence-electron chi connectivity index (χ0n) is 14.3. The first-order chi connectivity index (χ1) is 12.6. The maximum Gasteiger partial charge on any atom is 0.498 e. The molecule has 0 bridgehead atoms. The molecule has 6 nitrogen and oxygen atoms in total. The Morgan fingerprint density at radius 2 is 1.43 bits per heavy atom. The summed E-state index contributed by atoms with van der Waals surface area (Å²) in [6, 6.07) is 0. The molecule has 1 fully saturated rings. The summed E-state index contributed by atoms with van der Waals surface area (Å²) < 4.78 is 125. The van der Waals surface area contributed by atoms with E-state index in [2.05, 4.69) is 6.58 Å². The molecule has 1 saturated carbocycles. The van der Waals surface area contributed by atoms with Crippen LogP contribution in [0.1, 0.15) is 38.5 Å². The number of rotatable bonds is 8. The van der Waals surface area contributed by atoms with Crippen molar-refractivity contribution in [1.82, 2.24) is 0 Å². The van der Waals surface area contributed by atoms with Gasteiger partial charge in [-0.05, 0) is 18.8 Å². The van der Waals surface area contributed by atoms with E-state index >= 15 is 0 Å². The molecule has 14 heteroatoms. The Bertz CT molecular complexity index is 734. The summed E-state index contributed by atoms with van der Waals surface area (Å²) in [6.07, 6.45) is -1.29. The fourth-order valence-electron chi connectivity index (χ4n) is 2.91. The van der Waals surface area contributed by atoms with Gasteiger partial charge in [-0.25, -0.2) is 16.8 Å². The molecule has 0 amide bonds. The lowest BCUT2D eigenvalue weighted by Crippen LogP contribution is -2.47. The normalized spacial score (nSPS) is 18.2. The van der Waals surface area contributed by atoms with E-state index in [4.69, 9.17) is 4.74 Å². The van der Waals surface area contributed by atoms with E-state index in [-0.39, 0.29) is 12.8 Å². The smallest absolute Gasteiger partial charge is 0.462 e. The van der Waals surface area contributed by atoms with Crippen molar-refractivity contribution < 1.29 is 52.7 Å². The highest BCUT2D eigenvalue weighted by Crippen LogP contribution is 2.41. The summed E-state index contributed by atoms with van der Waals surface area (Å²) in [5, 5.41) is 0. The Morgan fingerprint density at radius 3 is 1.79 bits per heavy atom. The lowest BCUT2D eigenvalue weighted by Gasteiger charge is -2.28. The number of ether oxygens (including phenoxy) is 1. The second kappa shape index (κ2) is 8.59. The quantitative estimate of drug-likeness (QED) is 0.314. The standard InChI is InChI=1S/C14H18F6O6S2/c1-2-5-11(21)26-10(9-6-3-4-7-9)8-12(27(22,23)13(15,16)17)28(24,25)14(18,19)20/h2,9-10,12H,1,3-8H2. The van der Waals surface area contributed by atoms with Crippen molar-refractivity contribution in [3.63, 3.8) is 0 Å². The average Bonchev–Trinajstić information content (AvgIpc) is 3.03. The molecule has 0 aromatic carbocycles. The van der Waals surface area contributed by atoms with E-state index in [0.29, 0.717) is 12.8 Å². The summed E-state index contributed by atoms with van der Waals surface area (Å²) in [6.45, 7) is 3.22. The van der Waals surface area contributed by atoms with E-state index < -0.39 is 66.1 Å². The summed E-state index contributed by atoms with van der Waals surface area (Å²) in [5.41, 5.74) is -12.5. The lowest BCUT2D eigenvalue weighted by atomic mass is 9.98. The number of alkyl halides is 6. The Morgan fingerprint density at radius 1 is 1.00 bits per heavy atom. The minimum Gasteiger partial charge on any atom is -0.462 e. The second-order valence-corrected chi connectivity index (χ2v) is 10.8. The van der Waals surface area contributed by atoms with Crippen LogP contribution in [-0.2, 0) is 29.2 Å². The molecule has 1 unspecified atom stereocenters. The second-order valence-electron chi connectivity index (χ2n) is 6.21. The highest BCUT2D eigenvalue weighted by Gasteiger charge is 2.63. The zero-order valence-corrected chi connectivity index (χ0v) is 15.9. The fourth-order valence-corrected chi connectivity index (χ4v) is 6.38. The van der Waals surface area contributed by atoms with Gasteiger partial charge in [-0.2, -0.15) is 26.3 Å². The highest BCUT2D eigenvalue weighted by molar-refractivity contribution is 8.09. The zero-order chi connectivity index (χ0) is 22.0. The number of carbonyl (C=O) groups excluding carboxylic acids is 1. The molecular weight excluding hydrogens is 442 g/mol. The molecule has 1 aliphatic carbocycles. The van der Waals surface area contributed by atoms with Crippen LogP contribution in [0.2, 0.25) is 0 Å². The van der Waals surface area contributed by atoms with Crippen molar-refractivity contribution in [3.05, 3.63) is 12.7 Å².